The molecule has 35 heavy (non-hydrogen) atoms. The van der Waals surface area contributed by atoms with Gasteiger partial charge in [0.15, 0.2) is 0 Å². The molecule has 0 spiro atoms. The summed E-state index contributed by atoms with van der Waals surface area (Å²) in [7, 11) is 0. The van der Waals surface area contributed by atoms with Crippen LogP contribution in [0.2, 0.25) is 0 Å². The van der Waals surface area contributed by atoms with Crippen molar-refractivity contribution in [3.63, 3.8) is 0 Å². The predicted octanol–water partition coefficient (Wildman–Crippen LogP) is 6.87. The molecule has 7 heteroatoms. The van der Waals surface area contributed by atoms with Gasteiger partial charge < -0.3 is 9.84 Å². The molecule has 0 amide bonds. The average molecular weight is 490 g/mol. The lowest BCUT2D eigenvalue weighted by atomic mass is 9.98. The van der Waals surface area contributed by atoms with E-state index in [-0.39, 0.29) is 22.6 Å². The van der Waals surface area contributed by atoms with Gasteiger partial charge in [-0.05, 0) is 47.0 Å². The van der Waals surface area contributed by atoms with Crippen molar-refractivity contribution in [2.45, 2.75) is 18.3 Å². The zero-order valence-corrected chi connectivity index (χ0v) is 19.4. The van der Waals surface area contributed by atoms with Gasteiger partial charge in [-0.2, -0.15) is 0 Å². The van der Waals surface area contributed by atoms with Crippen molar-refractivity contribution in [1.82, 2.24) is 4.98 Å². The molecule has 4 aromatic rings. The number of carboxylic acids is 1. The Labute approximate surface area is 205 Å². The molecule has 0 radical (unpaired) electrons. The molecule has 1 N–H and O–H groups in total. The minimum Gasteiger partial charge on any atom is -0.489 e. The highest BCUT2D eigenvalue weighted by Gasteiger charge is 2.25. The van der Waals surface area contributed by atoms with Crippen LogP contribution in [0.3, 0.4) is 0 Å². The third-order valence-electron chi connectivity index (χ3n) is 5.83. The number of fused-ring (bicyclic) bond motifs is 3. The highest BCUT2D eigenvalue weighted by Crippen LogP contribution is 2.44. The van der Waals surface area contributed by atoms with E-state index in [4.69, 9.17) is 9.84 Å². The standard InChI is InChI=1S/C28H21F2NO3S/c29-19-14-24(30)22-9-8-20(31-25(22)15-19)7-5-17-6-10-26-23(13-17)28(35-12-11-27(32)33)21-4-2-1-3-18(21)16-34-26/h1-10,13-15,28H,11-12,16H2,(H,32,33)/b7-5+. The van der Waals surface area contributed by atoms with Crippen LogP contribution in [0, 0.1) is 11.6 Å². The van der Waals surface area contributed by atoms with Crippen molar-refractivity contribution in [2.75, 3.05) is 5.75 Å². The molecule has 5 rings (SSSR count). The van der Waals surface area contributed by atoms with Crippen molar-refractivity contribution in [1.29, 1.82) is 0 Å². The van der Waals surface area contributed by atoms with E-state index in [1.54, 1.807) is 30.0 Å². The number of benzene rings is 3. The second-order valence-electron chi connectivity index (χ2n) is 8.20. The monoisotopic (exact) mass is 489 g/mol. The van der Waals surface area contributed by atoms with E-state index in [0.717, 1.165) is 34.1 Å². The number of rotatable bonds is 6. The van der Waals surface area contributed by atoms with Crippen LogP contribution in [0.5, 0.6) is 5.75 Å². The number of carbonyl (C=O) groups is 1. The molecule has 176 valence electrons. The van der Waals surface area contributed by atoms with Crippen LogP contribution in [0.4, 0.5) is 8.78 Å². The van der Waals surface area contributed by atoms with Gasteiger partial charge in [-0.15, -0.1) is 11.8 Å². The smallest absolute Gasteiger partial charge is 0.304 e. The van der Waals surface area contributed by atoms with Crippen LogP contribution in [-0.4, -0.2) is 21.8 Å². The molecule has 0 saturated carbocycles. The Bertz CT molecular complexity index is 1450. The first-order chi connectivity index (χ1) is 17.0. The molecule has 0 bridgehead atoms. The maximum atomic E-state index is 14.0. The molecule has 1 unspecified atom stereocenters. The lowest BCUT2D eigenvalue weighted by Crippen LogP contribution is -2.03. The van der Waals surface area contributed by atoms with Crippen LogP contribution < -0.4 is 4.74 Å². The van der Waals surface area contributed by atoms with E-state index in [9.17, 15) is 13.6 Å². The van der Waals surface area contributed by atoms with Crippen molar-refractivity contribution in [3.8, 4) is 5.75 Å². The number of pyridine rings is 1. The zero-order chi connectivity index (χ0) is 24.4. The number of hydrogen-bond donors (Lipinski definition) is 1. The Morgan fingerprint density at radius 2 is 1.91 bits per heavy atom. The second-order valence-corrected chi connectivity index (χ2v) is 9.42. The quantitative estimate of drug-likeness (QED) is 0.320. The highest BCUT2D eigenvalue weighted by atomic mass is 32.2. The average Bonchev–Trinajstić information content (AvgIpc) is 2.99. The summed E-state index contributed by atoms with van der Waals surface area (Å²) in [6.07, 6.45) is 3.76. The van der Waals surface area contributed by atoms with E-state index >= 15 is 0 Å². The van der Waals surface area contributed by atoms with Gasteiger partial charge in [0.25, 0.3) is 0 Å². The van der Waals surface area contributed by atoms with Gasteiger partial charge >= 0.3 is 5.97 Å². The number of aromatic nitrogens is 1. The first-order valence-electron chi connectivity index (χ1n) is 11.1. The largest absolute Gasteiger partial charge is 0.489 e. The van der Waals surface area contributed by atoms with E-state index in [1.807, 2.05) is 42.5 Å². The van der Waals surface area contributed by atoms with Crippen LogP contribution in [-0.2, 0) is 11.4 Å². The first-order valence-corrected chi connectivity index (χ1v) is 12.1. The van der Waals surface area contributed by atoms with Gasteiger partial charge in [0.1, 0.15) is 24.0 Å². The number of halogens is 2. The van der Waals surface area contributed by atoms with Crippen molar-refractivity contribution in [2.24, 2.45) is 0 Å². The van der Waals surface area contributed by atoms with Gasteiger partial charge in [-0.25, -0.2) is 13.8 Å². The van der Waals surface area contributed by atoms with Gasteiger partial charge in [0, 0.05) is 28.8 Å². The summed E-state index contributed by atoms with van der Waals surface area (Å²) in [4.78, 5) is 15.5. The van der Waals surface area contributed by atoms with Crippen molar-refractivity contribution >= 4 is 40.8 Å². The summed E-state index contributed by atoms with van der Waals surface area (Å²) in [6, 6.07) is 19.3. The van der Waals surface area contributed by atoms with Gasteiger partial charge in [0.2, 0.25) is 0 Å². The Hall–Kier alpha value is -3.71. The predicted molar refractivity (Wildman–Crippen MR) is 134 cm³/mol. The summed E-state index contributed by atoms with van der Waals surface area (Å²) in [6.45, 7) is 0.447. The minimum absolute atomic E-state index is 0.0684. The second kappa shape index (κ2) is 9.88. The summed E-state index contributed by atoms with van der Waals surface area (Å²) in [5, 5.41) is 9.31. The van der Waals surface area contributed by atoms with E-state index in [1.165, 1.54) is 6.07 Å². The third kappa shape index (κ3) is 5.05. The lowest BCUT2D eigenvalue weighted by Gasteiger charge is -2.19. The van der Waals surface area contributed by atoms with Crippen LogP contribution >= 0.6 is 11.8 Å². The normalized spacial score (nSPS) is 14.9. The number of nitrogens with zero attached hydrogens (tertiary/aromatic N) is 1. The fourth-order valence-corrected chi connectivity index (χ4v) is 5.44. The Morgan fingerprint density at radius 3 is 2.77 bits per heavy atom. The molecule has 1 aliphatic heterocycles. The SMILES string of the molecule is O=C(O)CCSC1c2ccccc2COc2ccc(/C=C/c3ccc4c(F)cc(F)cc4n3)cc21. The summed E-state index contributed by atoms with van der Waals surface area (Å²) < 4.78 is 33.6. The van der Waals surface area contributed by atoms with Crippen molar-refractivity contribution < 1.29 is 23.4 Å². The number of thioether (sulfide) groups is 1. The molecule has 1 atom stereocenters. The van der Waals surface area contributed by atoms with Crippen LogP contribution in [0.25, 0.3) is 23.1 Å². The molecule has 0 aliphatic carbocycles. The summed E-state index contributed by atoms with van der Waals surface area (Å²) in [5.41, 5.74) is 4.90. The molecular weight excluding hydrogens is 468 g/mol. The lowest BCUT2D eigenvalue weighted by molar-refractivity contribution is -0.136. The molecule has 0 saturated heterocycles. The Balaban J connectivity index is 1.48. The number of ether oxygens (including phenoxy) is 1. The molecule has 1 aliphatic rings. The van der Waals surface area contributed by atoms with Crippen LogP contribution in [0.1, 0.15) is 39.6 Å². The van der Waals surface area contributed by atoms with Crippen molar-refractivity contribution in [3.05, 3.63) is 106 Å². The Kier molecular flexibility index (Phi) is 6.51. The van der Waals surface area contributed by atoms with Gasteiger partial charge in [-0.3, -0.25) is 4.79 Å². The Morgan fingerprint density at radius 1 is 1.06 bits per heavy atom. The zero-order valence-electron chi connectivity index (χ0n) is 18.6. The summed E-state index contributed by atoms with van der Waals surface area (Å²) >= 11 is 1.58. The maximum Gasteiger partial charge on any atom is 0.304 e. The topological polar surface area (TPSA) is 59.4 Å². The maximum absolute atomic E-state index is 14.0. The minimum atomic E-state index is -0.824. The van der Waals surface area contributed by atoms with E-state index < -0.39 is 17.6 Å². The van der Waals surface area contributed by atoms with Crippen LogP contribution in [0.15, 0.2) is 66.7 Å². The van der Waals surface area contributed by atoms with Gasteiger partial charge in [0.05, 0.1) is 22.9 Å². The molecule has 4 nitrogen and oxygen atoms in total. The number of carboxylic acid groups (broad SMARTS) is 1. The fraction of sp³-hybridized carbons (Fsp3) is 0.143. The molecule has 1 aromatic heterocycles. The molecular formula is C28H21F2NO3S. The fourth-order valence-electron chi connectivity index (χ4n) is 4.14. The molecule has 3 aromatic carbocycles. The summed E-state index contributed by atoms with van der Waals surface area (Å²) in [5.74, 6) is -0.889. The third-order valence-corrected chi connectivity index (χ3v) is 7.11. The van der Waals surface area contributed by atoms with E-state index in [2.05, 4.69) is 11.1 Å². The first kappa shape index (κ1) is 23.1. The highest BCUT2D eigenvalue weighted by molar-refractivity contribution is 7.99. The van der Waals surface area contributed by atoms with Gasteiger partial charge in [-0.1, -0.05) is 36.4 Å². The number of hydrogen-bond acceptors (Lipinski definition) is 4. The number of aliphatic carboxylic acids is 1. The molecule has 0 fully saturated rings. The van der Waals surface area contributed by atoms with E-state index in [0.29, 0.717) is 18.1 Å². The molecule has 2 heterocycles.